The van der Waals surface area contributed by atoms with Gasteiger partial charge in [-0.2, -0.15) is 0 Å². The summed E-state index contributed by atoms with van der Waals surface area (Å²) in [4.78, 5) is 33.3. The van der Waals surface area contributed by atoms with Crippen LogP contribution in [0.1, 0.15) is 29.2 Å². The van der Waals surface area contributed by atoms with Crippen LogP contribution in [0, 0.1) is 11.8 Å². The zero-order valence-corrected chi connectivity index (χ0v) is 29.4. The van der Waals surface area contributed by atoms with E-state index in [1.807, 2.05) is 114 Å². The molecule has 0 unspecified atom stereocenters. The van der Waals surface area contributed by atoms with Gasteiger partial charge in [0.05, 0.1) is 30.2 Å². The summed E-state index contributed by atoms with van der Waals surface area (Å²) >= 11 is 1.39. The maximum absolute atomic E-state index is 13.5. The summed E-state index contributed by atoms with van der Waals surface area (Å²) in [6, 6.07) is 35.5. The van der Waals surface area contributed by atoms with Gasteiger partial charge in [0.25, 0.3) is 5.24 Å². The van der Waals surface area contributed by atoms with Gasteiger partial charge in [0.2, 0.25) is 5.91 Å². The minimum absolute atomic E-state index is 0.00324. The zero-order valence-electron chi connectivity index (χ0n) is 28.6. The van der Waals surface area contributed by atoms with Crippen molar-refractivity contribution in [3.63, 3.8) is 0 Å². The summed E-state index contributed by atoms with van der Waals surface area (Å²) in [5.41, 5.74) is 4.71. The zero-order chi connectivity index (χ0) is 35.2. The molecule has 7 rings (SSSR count). The molecule has 260 valence electrons. The van der Waals surface area contributed by atoms with E-state index in [9.17, 15) is 9.59 Å². The predicted octanol–water partition coefficient (Wildman–Crippen LogP) is 8.83. The molecule has 1 aromatic heterocycles. The lowest BCUT2D eigenvalue weighted by Crippen LogP contribution is -2.45. The molecule has 0 saturated carbocycles. The number of hydrogen-bond donors (Lipinski definition) is 1. The quantitative estimate of drug-likeness (QED) is 0.123. The average molecular weight is 700 g/mol. The van der Waals surface area contributed by atoms with Gasteiger partial charge in [-0.3, -0.25) is 9.59 Å². The van der Waals surface area contributed by atoms with Crippen molar-refractivity contribution >= 4 is 33.8 Å². The van der Waals surface area contributed by atoms with Crippen molar-refractivity contribution < 1.29 is 23.8 Å². The summed E-state index contributed by atoms with van der Waals surface area (Å²) in [6.45, 7) is 5.65. The molecule has 4 aromatic carbocycles. The first-order valence-electron chi connectivity index (χ1n) is 17.3. The molecular formula is C42H41N3O5S. The number of nitrogens with one attached hydrogen (secondary N) is 1. The van der Waals surface area contributed by atoms with Crippen molar-refractivity contribution in [3.05, 3.63) is 133 Å². The number of pyridine rings is 1. The topological polar surface area (TPSA) is 90.0 Å². The average Bonchev–Trinajstić information content (AvgIpc) is 3.50. The van der Waals surface area contributed by atoms with Crippen molar-refractivity contribution in [2.45, 2.75) is 30.7 Å². The molecule has 9 heteroatoms. The van der Waals surface area contributed by atoms with Crippen LogP contribution in [0.15, 0.2) is 122 Å². The fourth-order valence-electron chi connectivity index (χ4n) is 7.07. The molecule has 0 bridgehead atoms. The molecular weight excluding hydrogens is 659 g/mol. The summed E-state index contributed by atoms with van der Waals surface area (Å²) in [7, 11) is 1.66. The van der Waals surface area contributed by atoms with Crippen LogP contribution < -0.4 is 14.8 Å². The van der Waals surface area contributed by atoms with Gasteiger partial charge in [0, 0.05) is 30.1 Å². The normalized spacial score (nSPS) is 19.0. The van der Waals surface area contributed by atoms with Gasteiger partial charge in [-0.05, 0) is 96.5 Å². The van der Waals surface area contributed by atoms with E-state index >= 15 is 0 Å². The van der Waals surface area contributed by atoms with E-state index in [0.717, 1.165) is 63.4 Å². The number of methoxy groups -OCH3 is 1. The van der Waals surface area contributed by atoms with Gasteiger partial charge >= 0.3 is 0 Å². The van der Waals surface area contributed by atoms with Gasteiger partial charge in [-0.25, -0.2) is 4.98 Å². The molecule has 2 aliphatic heterocycles. The Kier molecular flexibility index (Phi) is 10.7. The van der Waals surface area contributed by atoms with E-state index in [-0.39, 0.29) is 40.9 Å². The number of carbonyl (C=O) groups is 2. The minimum atomic E-state index is -0.149. The Hall–Kier alpha value is -5.12. The largest absolute Gasteiger partial charge is 0.497 e. The van der Waals surface area contributed by atoms with Gasteiger partial charge in [-0.1, -0.05) is 66.4 Å². The van der Waals surface area contributed by atoms with Gasteiger partial charge in [0.1, 0.15) is 23.9 Å². The third-order valence-corrected chi connectivity index (χ3v) is 11.0. The number of nitrogens with zero attached hydrogens (tertiary/aromatic N) is 2. The number of rotatable bonds is 13. The van der Waals surface area contributed by atoms with Crippen LogP contribution in [0.3, 0.4) is 0 Å². The highest BCUT2D eigenvalue weighted by Crippen LogP contribution is 2.51. The number of fused-ring (bicyclic) bond motifs is 2. The molecule has 0 aliphatic carbocycles. The number of hydrogen-bond acceptors (Lipinski definition) is 7. The molecule has 0 radical (unpaired) electrons. The van der Waals surface area contributed by atoms with Crippen LogP contribution in [0.25, 0.3) is 22.2 Å². The first kappa shape index (κ1) is 34.3. The van der Waals surface area contributed by atoms with Gasteiger partial charge in [-0.15, -0.1) is 6.58 Å². The Balaban J connectivity index is 1.10. The summed E-state index contributed by atoms with van der Waals surface area (Å²) in [6.07, 6.45) is 3.59. The maximum atomic E-state index is 13.5. The number of aromatic nitrogens is 1. The first-order chi connectivity index (χ1) is 25.0. The second-order valence-electron chi connectivity index (χ2n) is 13.0. The number of para-hydroxylation sites is 1. The molecule has 1 N–H and O–H groups in total. The Labute approximate surface area is 302 Å². The second kappa shape index (κ2) is 15.8. The van der Waals surface area contributed by atoms with E-state index < -0.39 is 0 Å². The van der Waals surface area contributed by atoms with Crippen LogP contribution in [0.2, 0.25) is 0 Å². The number of amides is 2. The lowest BCUT2D eigenvalue weighted by atomic mass is 9.79. The fourth-order valence-corrected chi connectivity index (χ4v) is 8.39. The molecule has 2 saturated heterocycles. The number of carbonyl (C=O) groups excluding carboxylic acids is 2. The van der Waals surface area contributed by atoms with E-state index in [2.05, 4.69) is 18.0 Å². The SMILES string of the molecule is C=C[C@@H](CNC(=O)COCc1ccccc1)[C@H]1CCN2C(=O)S[C@@H](c3cc(-c4ccc(Oc5ccccc5)cc4)nc4ccc(OC)cc34)[C@@H]2C1. The van der Waals surface area contributed by atoms with Crippen LogP contribution in [-0.4, -0.2) is 53.9 Å². The number of piperidine rings is 1. The van der Waals surface area contributed by atoms with E-state index in [1.54, 1.807) is 7.11 Å². The molecule has 3 heterocycles. The molecule has 51 heavy (non-hydrogen) atoms. The predicted molar refractivity (Wildman–Crippen MR) is 202 cm³/mol. The molecule has 2 aliphatic rings. The Bertz CT molecular complexity index is 1990. The molecule has 5 aromatic rings. The Morgan fingerprint density at radius 1 is 0.980 bits per heavy atom. The third-order valence-electron chi connectivity index (χ3n) is 9.77. The first-order valence-corrected chi connectivity index (χ1v) is 18.2. The van der Waals surface area contributed by atoms with Crippen LogP contribution in [0.4, 0.5) is 4.79 Å². The standard InChI is InChI=1S/C42H41N3O5S/c1-3-29(25-43-40(46)27-49-26-28-10-6-4-7-11-28)31-20-21-45-39(22-31)41(51-42(45)47)36-24-38(44-37-19-18-34(48-2)23-35(36)37)30-14-16-33(17-15-30)50-32-12-8-5-9-13-32/h3-19,23-24,29,31,39,41H,1,20-22,25-27H2,2H3,(H,43,46)/t29-,31-,39-,41-/m0/s1. The minimum Gasteiger partial charge on any atom is -0.497 e. The van der Waals surface area contributed by atoms with Crippen molar-refractivity contribution in [2.75, 3.05) is 26.8 Å². The lowest BCUT2D eigenvalue weighted by molar-refractivity contribution is -0.126. The van der Waals surface area contributed by atoms with Crippen molar-refractivity contribution in [3.8, 4) is 28.5 Å². The molecule has 0 spiro atoms. The van der Waals surface area contributed by atoms with Crippen LogP contribution in [-0.2, 0) is 16.1 Å². The third kappa shape index (κ3) is 7.95. The highest BCUT2D eigenvalue weighted by molar-refractivity contribution is 8.14. The highest BCUT2D eigenvalue weighted by atomic mass is 32.2. The summed E-state index contributed by atoms with van der Waals surface area (Å²) < 4.78 is 17.3. The van der Waals surface area contributed by atoms with E-state index in [0.29, 0.717) is 19.7 Å². The van der Waals surface area contributed by atoms with Crippen molar-refractivity contribution in [1.29, 1.82) is 0 Å². The number of ether oxygens (including phenoxy) is 3. The Morgan fingerprint density at radius 3 is 2.45 bits per heavy atom. The fraction of sp³-hybridized carbons (Fsp3) is 0.262. The lowest BCUT2D eigenvalue weighted by Gasteiger charge is -2.39. The highest BCUT2D eigenvalue weighted by Gasteiger charge is 2.46. The number of thioether (sulfide) groups is 1. The van der Waals surface area contributed by atoms with Crippen molar-refractivity contribution in [2.24, 2.45) is 11.8 Å². The maximum Gasteiger partial charge on any atom is 0.282 e. The van der Waals surface area contributed by atoms with Gasteiger partial charge < -0.3 is 24.4 Å². The smallest absolute Gasteiger partial charge is 0.282 e. The van der Waals surface area contributed by atoms with Crippen molar-refractivity contribution in [1.82, 2.24) is 15.2 Å². The molecule has 2 amide bonds. The van der Waals surface area contributed by atoms with E-state index in [1.165, 1.54) is 11.8 Å². The number of benzene rings is 4. The monoisotopic (exact) mass is 699 g/mol. The van der Waals surface area contributed by atoms with Crippen LogP contribution >= 0.6 is 11.8 Å². The van der Waals surface area contributed by atoms with Crippen LogP contribution in [0.5, 0.6) is 17.2 Å². The molecule has 2 fully saturated rings. The Morgan fingerprint density at radius 2 is 1.71 bits per heavy atom. The molecule has 8 nitrogen and oxygen atoms in total. The van der Waals surface area contributed by atoms with E-state index in [4.69, 9.17) is 19.2 Å². The second-order valence-corrected chi connectivity index (χ2v) is 14.0. The summed E-state index contributed by atoms with van der Waals surface area (Å²) in [5.74, 6) is 2.42. The molecule has 4 atom stereocenters. The summed E-state index contributed by atoms with van der Waals surface area (Å²) in [5, 5.41) is 4.02. The van der Waals surface area contributed by atoms with Gasteiger partial charge in [0.15, 0.2) is 0 Å².